The van der Waals surface area contributed by atoms with E-state index < -0.39 is 36.5 Å². The lowest BCUT2D eigenvalue weighted by Crippen LogP contribution is -2.58. The fourth-order valence-electron chi connectivity index (χ4n) is 6.20. The number of esters is 1. The summed E-state index contributed by atoms with van der Waals surface area (Å²) in [5.41, 5.74) is 0. The van der Waals surface area contributed by atoms with Crippen LogP contribution >= 0.6 is 0 Å². The molecule has 1 aliphatic heterocycles. The molecule has 12 nitrogen and oxygen atoms in total. The molecular weight excluding hydrogens is 644 g/mol. The summed E-state index contributed by atoms with van der Waals surface area (Å²) in [6.07, 6.45) is 18.3. The Kier molecular flexibility index (Phi) is 29.0. The Morgan fingerprint density at radius 3 is 2.00 bits per heavy atom. The van der Waals surface area contributed by atoms with Crippen LogP contribution in [-0.2, 0) is 38.0 Å². The standard InChI is InChI=1S/C38H72N2O10/c1-6-9-10-11-12-13-14-15-16-17-18-19-20-21-22-27-39-37(42)50-34-24-23-28-48-35(34)40(38(43)45-5)33(36(41)47-8-3)26-25-32(7-2)49-31-46-30-29-44-4/h32-35H,6-31H2,1-5H3,(H,39,42)/t32?,33?,34-,35-/m1/s1. The Balaban J connectivity index is 2.56. The first-order valence-corrected chi connectivity index (χ1v) is 19.7. The van der Waals surface area contributed by atoms with Crippen molar-refractivity contribution in [3.05, 3.63) is 0 Å². The van der Waals surface area contributed by atoms with Crippen molar-refractivity contribution in [1.29, 1.82) is 0 Å². The van der Waals surface area contributed by atoms with Crippen molar-refractivity contribution >= 4 is 18.2 Å². The Morgan fingerprint density at radius 2 is 1.44 bits per heavy atom. The molecule has 1 fully saturated rings. The molecule has 1 heterocycles. The van der Waals surface area contributed by atoms with E-state index in [-0.39, 0.29) is 25.9 Å². The largest absolute Gasteiger partial charge is 0.464 e. The van der Waals surface area contributed by atoms with E-state index in [9.17, 15) is 14.4 Å². The van der Waals surface area contributed by atoms with E-state index in [2.05, 4.69) is 12.2 Å². The van der Waals surface area contributed by atoms with Crippen molar-refractivity contribution in [2.45, 2.75) is 174 Å². The molecule has 0 aromatic rings. The van der Waals surface area contributed by atoms with Gasteiger partial charge in [-0.3, -0.25) is 4.90 Å². The summed E-state index contributed by atoms with van der Waals surface area (Å²) in [5.74, 6) is -0.588. The Morgan fingerprint density at radius 1 is 0.820 bits per heavy atom. The number of alkyl carbamates (subject to hydrolysis) is 1. The third-order valence-electron chi connectivity index (χ3n) is 9.14. The van der Waals surface area contributed by atoms with Gasteiger partial charge in [0.1, 0.15) is 18.9 Å². The number of nitrogens with zero attached hydrogens (tertiary/aromatic N) is 1. The molecule has 1 rings (SSSR count). The number of amides is 2. The quantitative estimate of drug-likeness (QED) is 0.0324. The predicted molar refractivity (Wildman–Crippen MR) is 194 cm³/mol. The van der Waals surface area contributed by atoms with E-state index in [1.54, 1.807) is 14.0 Å². The number of hydrogen-bond acceptors (Lipinski definition) is 10. The lowest BCUT2D eigenvalue weighted by molar-refractivity contribution is -0.173. The highest BCUT2D eigenvalue weighted by Crippen LogP contribution is 2.27. The van der Waals surface area contributed by atoms with Crippen LogP contribution in [0.4, 0.5) is 9.59 Å². The molecule has 50 heavy (non-hydrogen) atoms. The van der Waals surface area contributed by atoms with Gasteiger partial charge in [-0.2, -0.15) is 0 Å². The zero-order valence-corrected chi connectivity index (χ0v) is 32.2. The molecular formula is C38H72N2O10. The summed E-state index contributed by atoms with van der Waals surface area (Å²) >= 11 is 0. The minimum absolute atomic E-state index is 0.0861. The van der Waals surface area contributed by atoms with Gasteiger partial charge in [-0.15, -0.1) is 0 Å². The summed E-state index contributed by atoms with van der Waals surface area (Å²) in [7, 11) is 2.84. The first-order chi connectivity index (χ1) is 24.4. The SMILES string of the molecule is CCCCCCCCCCCCCCCCCNC(=O)O[C@@H]1CCCO[C@H]1N(C(=O)OC)C(CCC(CC)OCOCCOC)C(=O)OCC. The van der Waals surface area contributed by atoms with Crippen LogP contribution in [0.2, 0.25) is 0 Å². The van der Waals surface area contributed by atoms with Gasteiger partial charge in [0.05, 0.1) is 33.0 Å². The molecule has 1 N–H and O–H groups in total. The van der Waals surface area contributed by atoms with E-state index in [0.717, 1.165) is 19.3 Å². The number of carbonyl (C=O) groups excluding carboxylic acids is 3. The zero-order valence-electron chi connectivity index (χ0n) is 32.2. The van der Waals surface area contributed by atoms with Crippen LogP contribution in [0.25, 0.3) is 0 Å². The van der Waals surface area contributed by atoms with E-state index in [1.807, 2.05) is 6.92 Å². The van der Waals surface area contributed by atoms with Crippen LogP contribution < -0.4 is 5.32 Å². The van der Waals surface area contributed by atoms with Crippen LogP contribution in [0, 0.1) is 0 Å². The summed E-state index contributed by atoms with van der Waals surface area (Å²) in [6, 6.07) is -1.04. The maximum absolute atomic E-state index is 13.3. The molecule has 0 spiro atoms. The molecule has 4 atom stereocenters. The molecule has 0 aromatic heterocycles. The van der Waals surface area contributed by atoms with Crippen molar-refractivity contribution in [1.82, 2.24) is 10.2 Å². The fourth-order valence-corrected chi connectivity index (χ4v) is 6.20. The molecule has 0 bridgehead atoms. The van der Waals surface area contributed by atoms with Crippen molar-refractivity contribution in [3.8, 4) is 0 Å². The number of ether oxygens (including phenoxy) is 7. The van der Waals surface area contributed by atoms with Gasteiger partial charge >= 0.3 is 18.2 Å². The highest BCUT2D eigenvalue weighted by Gasteiger charge is 2.44. The molecule has 0 aliphatic carbocycles. The lowest BCUT2D eigenvalue weighted by Gasteiger charge is -2.41. The van der Waals surface area contributed by atoms with Gasteiger partial charge in [-0.1, -0.05) is 104 Å². The van der Waals surface area contributed by atoms with Crippen LogP contribution in [0.3, 0.4) is 0 Å². The van der Waals surface area contributed by atoms with Crippen molar-refractivity contribution < 1.29 is 47.5 Å². The Labute approximate surface area is 303 Å². The van der Waals surface area contributed by atoms with Gasteiger partial charge in [0.15, 0.2) is 6.23 Å². The highest BCUT2D eigenvalue weighted by molar-refractivity contribution is 5.81. The van der Waals surface area contributed by atoms with E-state index in [1.165, 1.54) is 89.1 Å². The summed E-state index contributed by atoms with van der Waals surface area (Å²) in [5, 5.41) is 2.85. The van der Waals surface area contributed by atoms with Gasteiger partial charge in [0.2, 0.25) is 0 Å². The number of hydrogen-bond donors (Lipinski definition) is 1. The minimum atomic E-state index is -1.04. The van der Waals surface area contributed by atoms with Crippen LogP contribution in [-0.4, -0.2) is 102 Å². The number of methoxy groups -OCH3 is 2. The van der Waals surface area contributed by atoms with Crippen LogP contribution in [0.15, 0.2) is 0 Å². The number of rotatable bonds is 31. The molecule has 0 radical (unpaired) electrons. The molecule has 1 aliphatic rings. The molecule has 294 valence electrons. The van der Waals surface area contributed by atoms with Gasteiger partial charge in [-0.05, 0) is 45.4 Å². The Bertz CT molecular complexity index is 848. The monoisotopic (exact) mass is 717 g/mol. The predicted octanol–water partition coefficient (Wildman–Crippen LogP) is 8.29. The van der Waals surface area contributed by atoms with Crippen LogP contribution in [0.1, 0.15) is 149 Å². The summed E-state index contributed by atoms with van der Waals surface area (Å²) in [6.45, 7) is 7.88. The summed E-state index contributed by atoms with van der Waals surface area (Å²) < 4.78 is 38.6. The summed E-state index contributed by atoms with van der Waals surface area (Å²) in [4.78, 5) is 40.5. The maximum atomic E-state index is 13.3. The number of unbranched alkanes of at least 4 members (excludes halogenated alkanes) is 14. The van der Waals surface area contributed by atoms with Gasteiger partial charge in [-0.25, -0.2) is 14.4 Å². The molecule has 0 aromatic carbocycles. The molecule has 2 unspecified atom stereocenters. The third kappa shape index (κ3) is 21.3. The maximum Gasteiger partial charge on any atom is 0.412 e. The average molecular weight is 717 g/mol. The minimum Gasteiger partial charge on any atom is -0.464 e. The smallest absolute Gasteiger partial charge is 0.412 e. The third-order valence-corrected chi connectivity index (χ3v) is 9.14. The number of nitrogens with one attached hydrogen (secondary N) is 1. The first-order valence-electron chi connectivity index (χ1n) is 19.7. The first kappa shape index (κ1) is 45.9. The van der Waals surface area contributed by atoms with E-state index >= 15 is 0 Å². The Hall–Kier alpha value is -2.15. The normalized spacial score (nSPS) is 17.1. The molecule has 0 saturated carbocycles. The van der Waals surface area contributed by atoms with Crippen molar-refractivity contribution in [2.24, 2.45) is 0 Å². The molecule has 1 saturated heterocycles. The average Bonchev–Trinajstić information content (AvgIpc) is 3.12. The van der Waals surface area contributed by atoms with Crippen molar-refractivity contribution in [2.75, 3.05) is 54.0 Å². The van der Waals surface area contributed by atoms with Crippen LogP contribution in [0.5, 0.6) is 0 Å². The number of carbonyl (C=O) groups is 3. The molecule has 2 amide bonds. The highest BCUT2D eigenvalue weighted by atomic mass is 16.7. The van der Waals surface area contributed by atoms with Gasteiger partial charge in [0.25, 0.3) is 0 Å². The zero-order chi connectivity index (χ0) is 36.7. The van der Waals surface area contributed by atoms with E-state index in [4.69, 9.17) is 33.2 Å². The van der Waals surface area contributed by atoms with Gasteiger partial charge in [0, 0.05) is 20.3 Å². The second-order valence-electron chi connectivity index (χ2n) is 13.2. The van der Waals surface area contributed by atoms with Gasteiger partial charge < -0.3 is 38.5 Å². The second-order valence-corrected chi connectivity index (χ2v) is 13.2. The lowest BCUT2D eigenvalue weighted by atomic mass is 10.0. The fraction of sp³-hybridized carbons (Fsp3) is 0.921. The topological polar surface area (TPSA) is 131 Å². The van der Waals surface area contributed by atoms with Crippen molar-refractivity contribution in [3.63, 3.8) is 0 Å². The molecule has 12 heteroatoms. The second kappa shape index (κ2) is 31.6. The van der Waals surface area contributed by atoms with E-state index in [0.29, 0.717) is 52.0 Å².